The minimum atomic E-state index is -0.422. The molecule has 0 bridgehead atoms. The zero-order valence-electron chi connectivity index (χ0n) is 17.9. The number of H-pyrrole nitrogens is 1. The van der Waals surface area contributed by atoms with Gasteiger partial charge in [0.15, 0.2) is 10.9 Å². The van der Waals surface area contributed by atoms with Gasteiger partial charge in [-0.25, -0.2) is 4.98 Å². The van der Waals surface area contributed by atoms with Crippen LogP contribution in [0, 0.1) is 11.3 Å². The molecule has 30 heavy (non-hydrogen) atoms. The number of nitrogens with zero attached hydrogens (tertiary/aromatic N) is 2. The van der Waals surface area contributed by atoms with Gasteiger partial charge in [0.2, 0.25) is 0 Å². The minimum Gasteiger partial charge on any atom is -0.343 e. The molecular weight excluding hydrogens is 396 g/mol. The lowest BCUT2D eigenvalue weighted by atomic mass is 9.69. The summed E-state index contributed by atoms with van der Waals surface area (Å²) in [6.45, 7) is 8.57. The van der Waals surface area contributed by atoms with Crippen LogP contribution in [0.5, 0.6) is 0 Å². The Morgan fingerprint density at radius 1 is 1.20 bits per heavy atom. The number of nitrogens with one attached hydrogen (secondary N) is 2. The maximum absolute atomic E-state index is 13.2. The Labute approximate surface area is 181 Å². The standard InChI is InChI=1S/C23H28N4O2S/c1-13(2)7-10-30-22-26-20-19(21(29)27-22)17(14-5-8-24-9-6-14)18-15(25-20)11-23(3,4)12-16(18)28/h5-6,8-9,13,17H,7,10-12H2,1-4H3,(H2,25,26,27,29)/t17-/m1/s1. The van der Waals surface area contributed by atoms with E-state index in [2.05, 4.69) is 43.0 Å². The van der Waals surface area contributed by atoms with Crippen molar-refractivity contribution in [1.29, 1.82) is 0 Å². The van der Waals surface area contributed by atoms with Crippen LogP contribution in [0.3, 0.4) is 0 Å². The monoisotopic (exact) mass is 424 g/mol. The number of carbonyl (C=O) groups excluding carboxylic acids is 1. The molecule has 4 rings (SSSR count). The summed E-state index contributed by atoms with van der Waals surface area (Å²) in [4.78, 5) is 38.1. The maximum atomic E-state index is 13.2. The number of Topliss-reactive ketones (excluding diaryl/α,β-unsaturated/α-hetero) is 1. The number of anilines is 1. The van der Waals surface area contributed by atoms with Gasteiger partial charge in [-0.3, -0.25) is 14.6 Å². The van der Waals surface area contributed by atoms with E-state index in [0.29, 0.717) is 34.4 Å². The van der Waals surface area contributed by atoms with Crippen LogP contribution < -0.4 is 10.9 Å². The summed E-state index contributed by atoms with van der Waals surface area (Å²) < 4.78 is 0. The van der Waals surface area contributed by atoms with E-state index >= 15 is 0 Å². The minimum absolute atomic E-state index is 0.0935. The number of ketones is 1. The Morgan fingerprint density at radius 2 is 1.93 bits per heavy atom. The van der Waals surface area contributed by atoms with E-state index < -0.39 is 5.92 Å². The zero-order valence-corrected chi connectivity index (χ0v) is 18.7. The molecular formula is C23H28N4O2S. The highest BCUT2D eigenvalue weighted by Crippen LogP contribution is 2.47. The number of thioether (sulfide) groups is 1. The lowest BCUT2D eigenvalue weighted by molar-refractivity contribution is -0.118. The normalized spacial score (nSPS) is 20.0. The van der Waals surface area contributed by atoms with Crippen molar-refractivity contribution in [3.05, 3.63) is 57.3 Å². The molecule has 0 radical (unpaired) electrons. The molecule has 2 N–H and O–H groups in total. The molecule has 0 spiro atoms. The smallest absolute Gasteiger partial charge is 0.257 e. The summed E-state index contributed by atoms with van der Waals surface area (Å²) in [5.41, 5.74) is 2.68. The number of aromatic amines is 1. The average molecular weight is 425 g/mol. The predicted molar refractivity (Wildman–Crippen MR) is 120 cm³/mol. The molecule has 158 valence electrons. The summed E-state index contributed by atoms with van der Waals surface area (Å²) in [7, 11) is 0. The molecule has 0 fully saturated rings. The Kier molecular flexibility index (Phi) is 5.57. The van der Waals surface area contributed by atoms with Gasteiger partial charge in [-0.15, -0.1) is 0 Å². The van der Waals surface area contributed by atoms with Crippen molar-refractivity contribution in [1.82, 2.24) is 15.0 Å². The number of carbonyl (C=O) groups is 1. The molecule has 2 aromatic rings. The molecule has 1 atom stereocenters. The SMILES string of the molecule is CC(C)CCSc1nc2c(c(=O)[nH]1)[C@H](c1ccncc1)C1=C(CC(C)(C)CC1=O)N2. The summed E-state index contributed by atoms with van der Waals surface area (Å²) in [5.74, 6) is 1.73. The molecule has 7 heteroatoms. The number of pyridine rings is 1. The topological polar surface area (TPSA) is 87.7 Å². The number of aromatic nitrogens is 3. The third-order valence-electron chi connectivity index (χ3n) is 5.67. The Balaban J connectivity index is 1.81. The first kappa shape index (κ1) is 20.8. The summed E-state index contributed by atoms with van der Waals surface area (Å²) in [6, 6.07) is 3.75. The fourth-order valence-corrected chi connectivity index (χ4v) is 5.35. The molecule has 2 aromatic heterocycles. The van der Waals surface area contributed by atoms with Gasteiger partial charge in [-0.1, -0.05) is 39.5 Å². The van der Waals surface area contributed by atoms with Crippen molar-refractivity contribution in [2.75, 3.05) is 11.1 Å². The fourth-order valence-electron chi connectivity index (χ4n) is 4.24. The quantitative estimate of drug-likeness (QED) is 0.543. The highest BCUT2D eigenvalue weighted by atomic mass is 32.2. The lowest BCUT2D eigenvalue weighted by Gasteiger charge is -2.38. The fraction of sp³-hybridized carbons (Fsp3) is 0.478. The summed E-state index contributed by atoms with van der Waals surface area (Å²) in [5, 5.41) is 3.98. The molecule has 6 nitrogen and oxygen atoms in total. The molecule has 0 saturated heterocycles. The van der Waals surface area contributed by atoms with E-state index in [9.17, 15) is 9.59 Å². The molecule has 3 heterocycles. The number of allylic oxidation sites excluding steroid dienone is 2. The van der Waals surface area contributed by atoms with Crippen LogP contribution in [0.4, 0.5) is 5.82 Å². The first-order chi connectivity index (χ1) is 14.2. The van der Waals surface area contributed by atoms with E-state index in [4.69, 9.17) is 4.98 Å². The molecule has 0 amide bonds. The second-order valence-corrected chi connectivity index (χ2v) is 10.4. The number of hydrogen-bond acceptors (Lipinski definition) is 6. The van der Waals surface area contributed by atoms with E-state index in [0.717, 1.165) is 29.9 Å². The number of hydrogen-bond donors (Lipinski definition) is 2. The molecule has 1 aliphatic carbocycles. The van der Waals surface area contributed by atoms with Crippen LogP contribution in [-0.2, 0) is 4.79 Å². The predicted octanol–water partition coefficient (Wildman–Crippen LogP) is 4.50. The van der Waals surface area contributed by atoms with Crippen LogP contribution in [0.2, 0.25) is 0 Å². The zero-order chi connectivity index (χ0) is 21.5. The molecule has 0 aromatic carbocycles. The highest BCUT2D eigenvalue weighted by molar-refractivity contribution is 7.99. The first-order valence-corrected chi connectivity index (χ1v) is 11.4. The number of rotatable bonds is 5. The largest absolute Gasteiger partial charge is 0.343 e. The van der Waals surface area contributed by atoms with Gasteiger partial charge in [-0.05, 0) is 41.9 Å². The van der Waals surface area contributed by atoms with Crippen molar-refractivity contribution in [3.8, 4) is 0 Å². The molecule has 1 aliphatic heterocycles. The summed E-state index contributed by atoms with van der Waals surface area (Å²) in [6.07, 6.45) is 5.67. The van der Waals surface area contributed by atoms with Crippen LogP contribution in [0.25, 0.3) is 0 Å². The third kappa shape index (κ3) is 4.08. The Hall–Kier alpha value is -2.41. The van der Waals surface area contributed by atoms with Crippen LogP contribution >= 0.6 is 11.8 Å². The Bertz CT molecular complexity index is 1060. The first-order valence-electron chi connectivity index (χ1n) is 10.5. The Morgan fingerprint density at radius 3 is 2.63 bits per heavy atom. The van der Waals surface area contributed by atoms with Gasteiger partial charge in [-0.2, -0.15) is 0 Å². The molecule has 2 aliphatic rings. The highest BCUT2D eigenvalue weighted by Gasteiger charge is 2.42. The van der Waals surface area contributed by atoms with Gasteiger partial charge in [0.1, 0.15) is 5.82 Å². The van der Waals surface area contributed by atoms with Gasteiger partial charge < -0.3 is 10.3 Å². The van der Waals surface area contributed by atoms with Crippen molar-refractivity contribution < 1.29 is 4.79 Å². The van der Waals surface area contributed by atoms with Crippen molar-refractivity contribution in [3.63, 3.8) is 0 Å². The van der Waals surface area contributed by atoms with Gasteiger partial charge in [0.05, 0.1) is 5.56 Å². The summed E-state index contributed by atoms with van der Waals surface area (Å²) >= 11 is 1.56. The van der Waals surface area contributed by atoms with Gasteiger partial charge >= 0.3 is 0 Å². The van der Waals surface area contributed by atoms with Crippen LogP contribution in [0.15, 0.2) is 45.7 Å². The molecule has 0 saturated carbocycles. The molecule has 0 unspecified atom stereocenters. The van der Waals surface area contributed by atoms with Crippen molar-refractivity contribution >= 4 is 23.4 Å². The van der Waals surface area contributed by atoms with E-state index in [1.807, 2.05) is 12.1 Å². The van der Waals surface area contributed by atoms with Gasteiger partial charge in [0, 0.05) is 41.8 Å². The maximum Gasteiger partial charge on any atom is 0.257 e. The van der Waals surface area contributed by atoms with Crippen LogP contribution in [0.1, 0.15) is 64.0 Å². The number of fused-ring (bicyclic) bond motifs is 1. The lowest BCUT2D eigenvalue weighted by Crippen LogP contribution is -2.37. The second kappa shape index (κ2) is 8.02. The van der Waals surface area contributed by atoms with Crippen molar-refractivity contribution in [2.45, 2.75) is 58.0 Å². The van der Waals surface area contributed by atoms with E-state index in [1.165, 1.54) is 0 Å². The van der Waals surface area contributed by atoms with E-state index in [1.54, 1.807) is 24.2 Å². The third-order valence-corrected chi connectivity index (χ3v) is 6.58. The average Bonchev–Trinajstić information content (AvgIpc) is 2.65. The van der Waals surface area contributed by atoms with E-state index in [-0.39, 0.29) is 16.8 Å². The van der Waals surface area contributed by atoms with Crippen molar-refractivity contribution in [2.24, 2.45) is 11.3 Å². The van der Waals surface area contributed by atoms with Gasteiger partial charge in [0.25, 0.3) is 5.56 Å². The second-order valence-electron chi connectivity index (χ2n) is 9.34. The van der Waals surface area contributed by atoms with Crippen LogP contribution in [-0.4, -0.2) is 26.5 Å².